The minimum atomic E-state index is -0.580. The first-order valence-corrected chi connectivity index (χ1v) is 7.66. The van der Waals surface area contributed by atoms with Gasteiger partial charge in [-0.1, -0.05) is 12.1 Å². The lowest BCUT2D eigenvalue weighted by Crippen LogP contribution is -2.28. The third-order valence-electron chi connectivity index (χ3n) is 3.47. The van der Waals surface area contributed by atoms with Crippen molar-refractivity contribution >= 4 is 23.5 Å². The van der Waals surface area contributed by atoms with Gasteiger partial charge in [0.25, 0.3) is 5.91 Å². The number of para-hydroxylation sites is 1. The average Bonchev–Trinajstić information content (AvgIpc) is 3.07. The first kappa shape index (κ1) is 16.7. The maximum absolute atomic E-state index is 12.5. The summed E-state index contributed by atoms with van der Waals surface area (Å²) in [4.78, 5) is 37.3. The van der Waals surface area contributed by atoms with E-state index in [-0.39, 0.29) is 12.5 Å². The van der Waals surface area contributed by atoms with E-state index in [9.17, 15) is 14.4 Å². The molecule has 2 amide bonds. The molecular weight excluding hydrogens is 296 g/mol. The molecule has 6 heteroatoms. The first-order chi connectivity index (χ1) is 11.1. The number of rotatable bonds is 5. The molecule has 122 valence electrons. The van der Waals surface area contributed by atoms with Gasteiger partial charge in [0.2, 0.25) is 5.91 Å². The molecular formula is C17H20N2O4. The molecule has 0 aromatic heterocycles. The number of hydrogen-bond donors (Lipinski definition) is 1. The summed E-state index contributed by atoms with van der Waals surface area (Å²) in [6, 6.07) is 6.85. The maximum Gasteiger partial charge on any atom is 0.330 e. The maximum atomic E-state index is 12.5. The van der Waals surface area contributed by atoms with Crippen LogP contribution in [0.25, 0.3) is 0 Å². The number of hydrogen-bond acceptors (Lipinski definition) is 4. The van der Waals surface area contributed by atoms with Crippen molar-refractivity contribution in [1.29, 1.82) is 0 Å². The van der Waals surface area contributed by atoms with Gasteiger partial charge in [0.15, 0.2) is 0 Å². The molecule has 0 saturated carbocycles. The van der Waals surface area contributed by atoms with E-state index in [1.54, 1.807) is 36.1 Å². The topological polar surface area (TPSA) is 75.7 Å². The summed E-state index contributed by atoms with van der Waals surface area (Å²) in [5, 5.41) is 2.63. The van der Waals surface area contributed by atoms with Gasteiger partial charge in [0, 0.05) is 25.2 Å². The number of nitrogens with zero attached hydrogens (tertiary/aromatic N) is 1. The summed E-state index contributed by atoms with van der Waals surface area (Å²) in [6.45, 7) is 3.41. The van der Waals surface area contributed by atoms with Crippen LogP contribution in [-0.4, -0.2) is 42.4 Å². The van der Waals surface area contributed by atoms with Crippen molar-refractivity contribution in [1.82, 2.24) is 4.90 Å². The van der Waals surface area contributed by atoms with Gasteiger partial charge in [-0.15, -0.1) is 0 Å². The zero-order valence-electron chi connectivity index (χ0n) is 13.1. The third kappa shape index (κ3) is 4.67. The molecule has 1 aromatic carbocycles. The van der Waals surface area contributed by atoms with Gasteiger partial charge < -0.3 is 15.0 Å². The second kappa shape index (κ2) is 8.12. The highest BCUT2D eigenvalue weighted by Crippen LogP contribution is 2.20. The number of likely N-dealkylation sites (tertiary alicyclic amines) is 1. The van der Waals surface area contributed by atoms with E-state index >= 15 is 0 Å². The Morgan fingerprint density at radius 1 is 1.17 bits per heavy atom. The van der Waals surface area contributed by atoms with Crippen LogP contribution in [0.1, 0.15) is 30.1 Å². The second-order valence-electron chi connectivity index (χ2n) is 5.12. The van der Waals surface area contributed by atoms with E-state index in [0.29, 0.717) is 11.3 Å². The van der Waals surface area contributed by atoms with Crippen molar-refractivity contribution < 1.29 is 19.1 Å². The van der Waals surface area contributed by atoms with Gasteiger partial charge in [-0.05, 0) is 31.9 Å². The minimum Gasteiger partial charge on any atom is -0.463 e. The van der Waals surface area contributed by atoms with Crippen LogP contribution in [0.15, 0.2) is 36.4 Å². The van der Waals surface area contributed by atoms with Crippen molar-refractivity contribution in [3.63, 3.8) is 0 Å². The summed E-state index contributed by atoms with van der Waals surface area (Å²) in [5.74, 6) is -1.16. The van der Waals surface area contributed by atoms with Crippen LogP contribution in [0.5, 0.6) is 0 Å². The molecule has 1 fully saturated rings. The number of esters is 1. The molecule has 6 nitrogen and oxygen atoms in total. The van der Waals surface area contributed by atoms with E-state index in [0.717, 1.165) is 38.1 Å². The van der Waals surface area contributed by atoms with Crippen LogP contribution in [0.4, 0.5) is 5.69 Å². The van der Waals surface area contributed by atoms with E-state index < -0.39 is 11.9 Å². The highest BCUT2D eigenvalue weighted by Gasteiger charge is 2.21. The number of anilines is 1. The number of amides is 2. The Kier molecular flexibility index (Phi) is 5.91. The second-order valence-corrected chi connectivity index (χ2v) is 5.12. The summed E-state index contributed by atoms with van der Waals surface area (Å²) in [6.07, 6.45) is 4.16. The van der Waals surface area contributed by atoms with Crippen LogP contribution in [0, 0.1) is 0 Å². The summed E-state index contributed by atoms with van der Waals surface area (Å²) >= 11 is 0. The largest absolute Gasteiger partial charge is 0.463 e. The molecule has 0 aliphatic carbocycles. The molecule has 23 heavy (non-hydrogen) atoms. The molecule has 0 spiro atoms. The number of benzene rings is 1. The van der Waals surface area contributed by atoms with Gasteiger partial charge in [-0.2, -0.15) is 0 Å². The highest BCUT2D eigenvalue weighted by molar-refractivity contribution is 6.07. The summed E-state index contributed by atoms with van der Waals surface area (Å²) in [5.41, 5.74) is 0.884. The standard InChI is InChI=1S/C17H20N2O4/c1-2-23-16(21)10-9-15(20)18-14-8-4-3-7-13(14)17(22)19-11-5-6-12-19/h3-4,7-10H,2,5-6,11-12H2,1H3,(H,18,20)/b10-9+. The summed E-state index contributed by atoms with van der Waals surface area (Å²) < 4.78 is 4.71. The van der Waals surface area contributed by atoms with Gasteiger partial charge in [0.05, 0.1) is 17.9 Å². The number of nitrogens with one attached hydrogen (secondary N) is 1. The minimum absolute atomic E-state index is 0.0900. The number of ether oxygens (including phenoxy) is 1. The first-order valence-electron chi connectivity index (χ1n) is 7.66. The Labute approximate surface area is 135 Å². The molecule has 1 heterocycles. The van der Waals surface area contributed by atoms with Crippen LogP contribution < -0.4 is 5.32 Å². The van der Waals surface area contributed by atoms with E-state index in [2.05, 4.69) is 5.32 Å². The average molecular weight is 316 g/mol. The molecule has 0 radical (unpaired) electrons. The molecule has 2 rings (SSSR count). The molecule has 1 aliphatic rings. The lowest BCUT2D eigenvalue weighted by molar-refractivity contribution is -0.137. The van der Waals surface area contributed by atoms with E-state index in [4.69, 9.17) is 4.74 Å². The predicted molar refractivity (Wildman–Crippen MR) is 86.0 cm³/mol. The molecule has 0 unspecified atom stereocenters. The normalized spacial score (nSPS) is 14.0. The Bertz CT molecular complexity index is 619. The zero-order valence-corrected chi connectivity index (χ0v) is 13.1. The zero-order chi connectivity index (χ0) is 16.7. The smallest absolute Gasteiger partial charge is 0.330 e. The monoisotopic (exact) mass is 316 g/mol. The van der Waals surface area contributed by atoms with Crippen LogP contribution >= 0.6 is 0 Å². The number of carbonyl (C=O) groups excluding carboxylic acids is 3. The molecule has 0 atom stereocenters. The fraction of sp³-hybridized carbons (Fsp3) is 0.353. The Morgan fingerprint density at radius 2 is 1.87 bits per heavy atom. The van der Waals surface area contributed by atoms with Crippen molar-refractivity contribution in [2.45, 2.75) is 19.8 Å². The lowest BCUT2D eigenvalue weighted by atomic mass is 10.1. The SMILES string of the molecule is CCOC(=O)/C=C/C(=O)Nc1ccccc1C(=O)N1CCCC1. The van der Waals surface area contributed by atoms with E-state index in [1.165, 1.54) is 0 Å². The Hall–Kier alpha value is -2.63. The van der Waals surface area contributed by atoms with E-state index in [1.807, 2.05) is 0 Å². The molecule has 1 aliphatic heterocycles. The Morgan fingerprint density at radius 3 is 2.57 bits per heavy atom. The van der Waals surface area contributed by atoms with Crippen LogP contribution in [-0.2, 0) is 14.3 Å². The van der Waals surface area contributed by atoms with Gasteiger partial charge in [0.1, 0.15) is 0 Å². The molecule has 0 bridgehead atoms. The molecule has 1 aromatic rings. The molecule has 1 saturated heterocycles. The van der Waals surface area contributed by atoms with Crippen LogP contribution in [0.3, 0.4) is 0 Å². The van der Waals surface area contributed by atoms with Gasteiger partial charge in [-0.3, -0.25) is 9.59 Å². The third-order valence-corrected chi connectivity index (χ3v) is 3.47. The van der Waals surface area contributed by atoms with Crippen molar-refractivity contribution in [2.75, 3.05) is 25.0 Å². The Balaban J connectivity index is 2.06. The van der Waals surface area contributed by atoms with Crippen molar-refractivity contribution in [3.05, 3.63) is 42.0 Å². The predicted octanol–water partition coefficient (Wildman–Crippen LogP) is 1.98. The lowest BCUT2D eigenvalue weighted by Gasteiger charge is -2.17. The summed E-state index contributed by atoms with van der Waals surface area (Å²) in [7, 11) is 0. The van der Waals surface area contributed by atoms with Gasteiger partial charge >= 0.3 is 5.97 Å². The fourth-order valence-electron chi connectivity index (χ4n) is 2.38. The fourth-order valence-corrected chi connectivity index (χ4v) is 2.38. The van der Waals surface area contributed by atoms with Gasteiger partial charge in [-0.25, -0.2) is 4.79 Å². The van der Waals surface area contributed by atoms with Crippen molar-refractivity contribution in [3.8, 4) is 0 Å². The van der Waals surface area contributed by atoms with Crippen LogP contribution in [0.2, 0.25) is 0 Å². The number of carbonyl (C=O) groups is 3. The highest BCUT2D eigenvalue weighted by atomic mass is 16.5. The quantitative estimate of drug-likeness (QED) is 0.666. The molecule has 1 N–H and O–H groups in total. The van der Waals surface area contributed by atoms with Crippen molar-refractivity contribution in [2.24, 2.45) is 0 Å².